The van der Waals surface area contributed by atoms with Crippen LogP contribution in [-0.4, -0.2) is 73.5 Å². The first kappa shape index (κ1) is 30.3. The number of ether oxygens (including phenoxy) is 4. The largest absolute Gasteiger partial charge is 0.497 e. The van der Waals surface area contributed by atoms with Crippen LogP contribution in [0.15, 0.2) is 60.7 Å². The van der Waals surface area contributed by atoms with Crippen LogP contribution in [0.1, 0.15) is 32.0 Å². The van der Waals surface area contributed by atoms with Crippen molar-refractivity contribution in [2.45, 2.75) is 13.0 Å². The number of ketones is 2. The Morgan fingerprint density at radius 3 is 1.98 bits per heavy atom. The number of hydrogen-bond donors (Lipinski definition) is 1. The van der Waals surface area contributed by atoms with Gasteiger partial charge in [0.15, 0.2) is 11.5 Å². The molecular formula is C33H34N4O7. The van der Waals surface area contributed by atoms with Gasteiger partial charge in [-0.05, 0) is 78.2 Å². The topological polar surface area (TPSA) is 121 Å². The van der Waals surface area contributed by atoms with E-state index in [-0.39, 0.29) is 35.4 Å². The van der Waals surface area contributed by atoms with E-state index >= 15 is 0 Å². The van der Waals surface area contributed by atoms with E-state index in [1.54, 1.807) is 64.8 Å². The van der Waals surface area contributed by atoms with Gasteiger partial charge in [-0.1, -0.05) is 0 Å². The first-order chi connectivity index (χ1) is 21.3. The van der Waals surface area contributed by atoms with Gasteiger partial charge in [0.25, 0.3) is 5.78 Å². The molecule has 1 aliphatic rings. The quantitative estimate of drug-likeness (QED) is 0.200. The van der Waals surface area contributed by atoms with E-state index in [0.29, 0.717) is 41.7 Å². The van der Waals surface area contributed by atoms with Gasteiger partial charge >= 0.3 is 0 Å². The van der Waals surface area contributed by atoms with Gasteiger partial charge in [0.05, 0.1) is 35.0 Å². The molecule has 11 nitrogen and oxygen atoms in total. The molecule has 11 heteroatoms. The summed E-state index contributed by atoms with van der Waals surface area (Å²) in [5.74, 6) is 0.887. The lowest BCUT2D eigenvalue weighted by Crippen LogP contribution is -2.37. The molecule has 0 unspecified atom stereocenters. The molecule has 0 spiro atoms. The number of carbonyl (C=O) groups is 3. The van der Waals surface area contributed by atoms with Crippen molar-refractivity contribution in [1.29, 1.82) is 0 Å². The first-order valence-corrected chi connectivity index (χ1v) is 14.0. The number of nitrogens with zero attached hydrogens (tertiary/aromatic N) is 3. The first-order valence-electron chi connectivity index (χ1n) is 14.0. The summed E-state index contributed by atoms with van der Waals surface area (Å²) < 4.78 is 22.8. The number of methoxy groups -OCH3 is 4. The van der Waals surface area contributed by atoms with Crippen LogP contribution >= 0.6 is 0 Å². The van der Waals surface area contributed by atoms with Crippen molar-refractivity contribution < 1.29 is 33.3 Å². The summed E-state index contributed by atoms with van der Waals surface area (Å²) in [6.07, 6.45) is 0.749. The molecule has 0 bridgehead atoms. The molecule has 0 aliphatic carbocycles. The number of rotatable bonds is 11. The van der Waals surface area contributed by atoms with Gasteiger partial charge in [-0.25, -0.2) is 4.98 Å². The summed E-state index contributed by atoms with van der Waals surface area (Å²) in [4.78, 5) is 46.9. The minimum atomic E-state index is -0.756. The van der Waals surface area contributed by atoms with Crippen molar-refractivity contribution in [3.63, 3.8) is 0 Å². The van der Waals surface area contributed by atoms with Crippen LogP contribution in [0.25, 0.3) is 11.3 Å². The molecule has 5 rings (SSSR count). The lowest BCUT2D eigenvalue weighted by Gasteiger charge is -2.28. The van der Waals surface area contributed by atoms with Crippen LogP contribution in [0.2, 0.25) is 0 Å². The Morgan fingerprint density at radius 2 is 1.39 bits per heavy atom. The third kappa shape index (κ3) is 6.13. The maximum Gasteiger partial charge on any atom is 0.252 e. The van der Waals surface area contributed by atoms with E-state index in [9.17, 15) is 14.4 Å². The van der Waals surface area contributed by atoms with E-state index in [1.165, 1.54) is 23.8 Å². The van der Waals surface area contributed by atoms with Crippen LogP contribution < -0.4 is 24.3 Å². The maximum atomic E-state index is 13.7. The summed E-state index contributed by atoms with van der Waals surface area (Å²) in [6.45, 7) is 1.33. The van der Waals surface area contributed by atoms with E-state index in [2.05, 4.69) is 10.3 Å². The van der Waals surface area contributed by atoms with E-state index in [4.69, 9.17) is 18.9 Å². The molecule has 0 radical (unpaired) electrons. The van der Waals surface area contributed by atoms with E-state index in [1.807, 2.05) is 17.0 Å². The van der Waals surface area contributed by atoms with E-state index < -0.39 is 11.6 Å². The Kier molecular flexibility index (Phi) is 8.96. The summed E-state index contributed by atoms with van der Waals surface area (Å²) in [5.41, 5.74) is 3.33. The van der Waals surface area contributed by atoms with Gasteiger partial charge in [-0.2, -0.15) is 0 Å². The zero-order chi connectivity index (χ0) is 31.4. The monoisotopic (exact) mass is 598 g/mol. The molecule has 1 amide bonds. The molecule has 0 atom stereocenters. The number of imidazole rings is 1. The summed E-state index contributed by atoms with van der Waals surface area (Å²) >= 11 is 0. The minimum absolute atomic E-state index is 0.0548. The summed E-state index contributed by atoms with van der Waals surface area (Å²) in [5, 5.41) is 2.85. The van der Waals surface area contributed by atoms with Gasteiger partial charge < -0.3 is 23.5 Å². The molecule has 0 fully saturated rings. The molecule has 4 aromatic rings. The zero-order valence-corrected chi connectivity index (χ0v) is 25.3. The predicted octanol–water partition coefficient (Wildman–Crippen LogP) is 4.18. The number of amides is 1. The third-order valence-corrected chi connectivity index (χ3v) is 7.65. The fraction of sp³-hybridized carbons (Fsp3) is 0.273. The average molecular weight is 599 g/mol. The second-order valence-corrected chi connectivity index (χ2v) is 10.3. The number of anilines is 1. The highest BCUT2D eigenvalue weighted by molar-refractivity contribution is 6.49. The van der Waals surface area contributed by atoms with Gasteiger partial charge in [-0.3, -0.25) is 24.6 Å². The van der Waals surface area contributed by atoms with Crippen molar-refractivity contribution >= 4 is 23.4 Å². The van der Waals surface area contributed by atoms with Gasteiger partial charge in [0.1, 0.15) is 22.9 Å². The third-order valence-electron chi connectivity index (χ3n) is 7.65. The van der Waals surface area contributed by atoms with Crippen LogP contribution in [0.3, 0.4) is 0 Å². The molecule has 0 saturated heterocycles. The molecule has 1 N–H and O–H groups in total. The van der Waals surface area contributed by atoms with Gasteiger partial charge in [0.2, 0.25) is 17.6 Å². The Hall–Kier alpha value is -5.16. The Labute approximate surface area is 255 Å². The summed E-state index contributed by atoms with van der Waals surface area (Å²) in [7, 11) is 7.87. The molecule has 1 aromatic heterocycles. The number of nitrogens with one attached hydrogen (secondary N) is 1. The Balaban J connectivity index is 1.40. The van der Waals surface area contributed by atoms with Crippen molar-refractivity contribution in [1.82, 2.24) is 14.5 Å². The fourth-order valence-corrected chi connectivity index (χ4v) is 5.25. The van der Waals surface area contributed by atoms with E-state index in [0.717, 1.165) is 17.5 Å². The molecular weight excluding hydrogens is 564 g/mol. The zero-order valence-electron chi connectivity index (χ0n) is 25.3. The predicted molar refractivity (Wildman–Crippen MR) is 164 cm³/mol. The fourth-order valence-electron chi connectivity index (χ4n) is 5.25. The SMILES string of the molecule is COc1ccc(C(=O)C(=O)c2c(-c3ccc(OC)cc3)nc(NC(=O)CN3CCc4cc(OC)c(OC)cc4C3)n2C)cc1. The number of fused-ring (bicyclic) bond motifs is 1. The van der Waals surface area contributed by atoms with Crippen molar-refractivity contribution in [3.05, 3.63) is 83.0 Å². The second kappa shape index (κ2) is 13.0. The van der Waals surface area contributed by atoms with Crippen LogP contribution in [0.4, 0.5) is 5.95 Å². The number of aromatic nitrogens is 2. The highest BCUT2D eigenvalue weighted by Gasteiger charge is 2.29. The Morgan fingerprint density at radius 1 is 0.795 bits per heavy atom. The highest BCUT2D eigenvalue weighted by atomic mass is 16.5. The van der Waals surface area contributed by atoms with Gasteiger partial charge in [0, 0.05) is 31.3 Å². The average Bonchev–Trinajstić information content (AvgIpc) is 3.38. The smallest absolute Gasteiger partial charge is 0.252 e. The standard InChI is InChI=1S/C33H34N4O7/c1-36-30(32(40)31(39)21-8-12-25(42-3)13-9-21)29(20-6-10-24(41-2)11-7-20)35-33(36)34-28(38)19-37-15-14-22-16-26(43-4)27(44-5)17-23(22)18-37/h6-13,16-17H,14-15,18-19H2,1-5H3,(H,34,35,38). The molecule has 3 aromatic carbocycles. The van der Waals surface area contributed by atoms with Gasteiger partial charge in [-0.15, -0.1) is 0 Å². The maximum absolute atomic E-state index is 13.7. The highest BCUT2D eigenvalue weighted by Crippen LogP contribution is 2.33. The van der Waals surface area contributed by atoms with Crippen molar-refractivity contribution in [2.24, 2.45) is 7.05 Å². The summed E-state index contributed by atoms with van der Waals surface area (Å²) in [6, 6.07) is 17.2. The second-order valence-electron chi connectivity index (χ2n) is 10.3. The molecule has 0 saturated carbocycles. The van der Waals surface area contributed by atoms with Crippen LogP contribution in [-0.2, 0) is 24.8 Å². The number of Topliss-reactive ketones (excluding diaryl/α,β-unsaturated/α-hetero) is 2. The van der Waals surface area contributed by atoms with Crippen molar-refractivity contribution in [3.8, 4) is 34.3 Å². The van der Waals surface area contributed by atoms with Crippen LogP contribution in [0, 0.1) is 0 Å². The lowest BCUT2D eigenvalue weighted by molar-refractivity contribution is -0.117. The lowest BCUT2D eigenvalue weighted by atomic mass is 9.99. The number of hydrogen-bond acceptors (Lipinski definition) is 9. The molecule has 228 valence electrons. The molecule has 44 heavy (non-hydrogen) atoms. The van der Waals surface area contributed by atoms with Crippen LogP contribution in [0.5, 0.6) is 23.0 Å². The number of benzene rings is 3. The van der Waals surface area contributed by atoms with Crippen molar-refractivity contribution in [2.75, 3.05) is 46.8 Å². The Bertz CT molecular complexity index is 1690. The number of carbonyl (C=O) groups excluding carboxylic acids is 3. The normalized spacial score (nSPS) is 12.7. The molecule has 2 heterocycles. The molecule has 1 aliphatic heterocycles. The minimum Gasteiger partial charge on any atom is -0.497 e.